The van der Waals surface area contributed by atoms with Crippen molar-refractivity contribution in [3.05, 3.63) is 42.0 Å². The number of piperidine rings is 1. The Morgan fingerprint density at radius 2 is 1.70 bits per heavy atom. The number of quaternary nitrogens is 1. The number of fused-ring (bicyclic) bond motifs is 2. The van der Waals surface area contributed by atoms with Crippen LogP contribution in [-0.2, 0) is 9.53 Å². The summed E-state index contributed by atoms with van der Waals surface area (Å²) in [5, 5.41) is 0. The third-order valence-corrected chi connectivity index (χ3v) is 8.02. The predicted molar refractivity (Wildman–Crippen MR) is 123 cm³/mol. The van der Waals surface area contributed by atoms with Crippen LogP contribution in [-0.4, -0.2) is 41.2 Å². The lowest BCUT2D eigenvalue weighted by atomic mass is 9.83. The zero-order valence-corrected chi connectivity index (χ0v) is 19.3. The molecule has 3 heteroatoms. The molecule has 2 heterocycles. The number of rotatable bonds is 6. The SMILES string of the molecule is CC(C)C[N+]1(C(C)C)C2CCC1CC(OC(=O)C1CCCC=C1c1ccccc1)C2. The van der Waals surface area contributed by atoms with E-state index in [-0.39, 0.29) is 18.0 Å². The first-order valence-electron chi connectivity index (χ1n) is 12.2. The molecule has 3 nitrogen and oxygen atoms in total. The highest BCUT2D eigenvalue weighted by Crippen LogP contribution is 2.46. The van der Waals surface area contributed by atoms with Gasteiger partial charge in [0, 0.05) is 31.6 Å². The third kappa shape index (κ3) is 3.98. The van der Waals surface area contributed by atoms with E-state index in [1.807, 2.05) is 6.07 Å². The van der Waals surface area contributed by atoms with E-state index in [4.69, 9.17) is 4.74 Å². The number of nitrogens with zero attached hydrogens (tertiary/aromatic N) is 1. The molecule has 0 saturated carbocycles. The van der Waals surface area contributed by atoms with E-state index in [1.165, 1.54) is 35.0 Å². The Hall–Kier alpha value is -1.61. The Morgan fingerprint density at radius 1 is 1.03 bits per heavy atom. The molecule has 4 rings (SSSR count). The summed E-state index contributed by atoms with van der Waals surface area (Å²) in [5.74, 6) is 0.624. The van der Waals surface area contributed by atoms with E-state index in [9.17, 15) is 4.79 Å². The van der Waals surface area contributed by atoms with Gasteiger partial charge in [0.25, 0.3) is 0 Å². The van der Waals surface area contributed by atoms with Crippen LogP contribution in [0.4, 0.5) is 0 Å². The first-order valence-corrected chi connectivity index (χ1v) is 12.2. The highest BCUT2D eigenvalue weighted by atomic mass is 16.5. The fraction of sp³-hybridized carbons (Fsp3) is 0.667. The van der Waals surface area contributed by atoms with Gasteiger partial charge in [0.2, 0.25) is 0 Å². The van der Waals surface area contributed by atoms with Crippen molar-refractivity contribution in [1.82, 2.24) is 0 Å². The molecule has 3 unspecified atom stereocenters. The van der Waals surface area contributed by atoms with Gasteiger partial charge in [-0.3, -0.25) is 4.79 Å². The summed E-state index contributed by atoms with van der Waals surface area (Å²) in [6.45, 7) is 10.8. The van der Waals surface area contributed by atoms with Gasteiger partial charge in [-0.1, -0.05) is 50.3 Å². The maximum Gasteiger partial charge on any atom is 0.313 e. The summed E-state index contributed by atoms with van der Waals surface area (Å²) in [7, 11) is 0. The number of ether oxygens (including phenoxy) is 1. The summed E-state index contributed by atoms with van der Waals surface area (Å²) >= 11 is 0. The minimum absolute atomic E-state index is 0.0163. The zero-order valence-electron chi connectivity index (χ0n) is 19.3. The van der Waals surface area contributed by atoms with Crippen LogP contribution in [0.25, 0.3) is 5.57 Å². The number of benzene rings is 1. The van der Waals surface area contributed by atoms with Gasteiger partial charge in [-0.2, -0.15) is 0 Å². The van der Waals surface area contributed by atoms with Gasteiger partial charge in [-0.05, 0) is 44.2 Å². The molecule has 0 spiro atoms. The van der Waals surface area contributed by atoms with Crippen LogP contribution in [0.3, 0.4) is 0 Å². The molecule has 2 aliphatic heterocycles. The second kappa shape index (κ2) is 8.86. The Morgan fingerprint density at radius 3 is 2.30 bits per heavy atom. The van der Waals surface area contributed by atoms with E-state index in [0.717, 1.165) is 32.1 Å². The number of hydrogen-bond acceptors (Lipinski definition) is 2. The van der Waals surface area contributed by atoms with Crippen molar-refractivity contribution >= 4 is 11.5 Å². The normalized spacial score (nSPS) is 33.6. The summed E-state index contributed by atoms with van der Waals surface area (Å²) in [5.41, 5.74) is 2.35. The maximum absolute atomic E-state index is 13.3. The molecule has 164 valence electrons. The van der Waals surface area contributed by atoms with Crippen molar-refractivity contribution in [2.24, 2.45) is 11.8 Å². The lowest BCUT2D eigenvalue weighted by Gasteiger charge is -2.53. The van der Waals surface area contributed by atoms with E-state index >= 15 is 0 Å². The molecular weight excluding hydrogens is 370 g/mol. The highest BCUT2D eigenvalue weighted by Gasteiger charge is 2.56. The average molecular weight is 411 g/mol. The molecule has 1 aliphatic carbocycles. The minimum Gasteiger partial charge on any atom is -0.461 e. The fourth-order valence-corrected chi connectivity index (χ4v) is 6.89. The number of hydrogen-bond donors (Lipinski definition) is 0. The van der Waals surface area contributed by atoms with Crippen LogP contribution >= 0.6 is 0 Å². The van der Waals surface area contributed by atoms with Gasteiger partial charge >= 0.3 is 5.97 Å². The third-order valence-electron chi connectivity index (χ3n) is 8.02. The molecule has 0 aromatic heterocycles. The zero-order chi connectivity index (χ0) is 21.3. The quantitative estimate of drug-likeness (QED) is 0.425. The van der Waals surface area contributed by atoms with Crippen LogP contribution in [0.5, 0.6) is 0 Å². The monoisotopic (exact) mass is 410 g/mol. The van der Waals surface area contributed by atoms with Gasteiger partial charge in [0.15, 0.2) is 0 Å². The molecule has 0 N–H and O–H groups in total. The minimum atomic E-state index is -0.0965. The summed E-state index contributed by atoms with van der Waals surface area (Å²) in [4.78, 5) is 13.3. The highest BCUT2D eigenvalue weighted by molar-refractivity contribution is 5.89. The van der Waals surface area contributed by atoms with Gasteiger partial charge in [-0.15, -0.1) is 0 Å². The van der Waals surface area contributed by atoms with Crippen LogP contribution < -0.4 is 0 Å². The van der Waals surface area contributed by atoms with Crippen LogP contribution in [0.15, 0.2) is 36.4 Å². The van der Waals surface area contributed by atoms with Crippen molar-refractivity contribution in [3.63, 3.8) is 0 Å². The molecule has 1 aromatic rings. The number of carbonyl (C=O) groups is 1. The van der Waals surface area contributed by atoms with Crippen molar-refractivity contribution < 1.29 is 14.0 Å². The van der Waals surface area contributed by atoms with Gasteiger partial charge in [0.05, 0.1) is 30.6 Å². The predicted octanol–water partition coefficient (Wildman–Crippen LogP) is 5.99. The van der Waals surface area contributed by atoms with Crippen LogP contribution in [0.1, 0.15) is 78.2 Å². The second-order valence-corrected chi connectivity index (χ2v) is 10.6. The smallest absolute Gasteiger partial charge is 0.313 e. The molecule has 3 atom stereocenters. The topological polar surface area (TPSA) is 26.3 Å². The Kier molecular flexibility index (Phi) is 6.39. The molecule has 1 aromatic carbocycles. The van der Waals surface area contributed by atoms with Crippen LogP contribution in [0, 0.1) is 11.8 Å². The molecule has 30 heavy (non-hydrogen) atoms. The molecule has 2 saturated heterocycles. The Labute approximate surface area is 183 Å². The molecule has 0 radical (unpaired) electrons. The standard InChI is InChI=1S/C27H40NO2/c1-19(2)18-28(20(3)4)22-14-15-23(28)17-24(16-22)30-27(29)26-13-9-8-12-25(26)21-10-6-5-7-11-21/h5-7,10-12,19-20,22-24,26H,8-9,13-18H2,1-4H3/q+1. The summed E-state index contributed by atoms with van der Waals surface area (Å²) < 4.78 is 7.51. The number of allylic oxidation sites excluding steroid dienone is 1. The van der Waals surface area contributed by atoms with E-state index in [1.54, 1.807) is 0 Å². The fourth-order valence-electron chi connectivity index (χ4n) is 6.89. The first-order chi connectivity index (χ1) is 14.4. The number of carbonyl (C=O) groups excluding carboxylic acids is 1. The van der Waals surface area contributed by atoms with E-state index in [2.05, 4.69) is 58.0 Å². The molecular formula is C27H40NO2+. The Balaban J connectivity index is 1.46. The maximum atomic E-state index is 13.3. The van der Waals surface area contributed by atoms with E-state index in [0.29, 0.717) is 24.0 Å². The van der Waals surface area contributed by atoms with Crippen molar-refractivity contribution in [1.29, 1.82) is 0 Å². The molecule has 2 fully saturated rings. The Bertz CT molecular complexity index is 752. The van der Waals surface area contributed by atoms with Crippen LogP contribution in [0.2, 0.25) is 0 Å². The molecule has 3 aliphatic rings. The summed E-state index contributed by atoms with van der Waals surface area (Å²) in [6, 6.07) is 12.4. The van der Waals surface area contributed by atoms with Gasteiger partial charge in [-0.25, -0.2) is 0 Å². The largest absolute Gasteiger partial charge is 0.461 e. The second-order valence-electron chi connectivity index (χ2n) is 10.6. The summed E-state index contributed by atoms with van der Waals surface area (Å²) in [6.07, 6.45) is 10.1. The molecule has 0 amide bonds. The van der Waals surface area contributed by atoms with Crippen molar-refractivity contribution in [2.45, 2.75) is 96.9 Å². The number of esters is 1. The van der Waals surface area contributed by atoms with Crippen molar-refractivity contribution in [2.75, 3.05) is 6.54 Å². The average Bonchev–Trinajstić information content (AvgIpc) is 2.92. The lowest BCUT2D eigenvalue weighted by Crippen LogP contribution is -2.66. The molecule has 2 bridgehead atoms. The first kappa shape index (κ1) is 21.6. The van der Waals surface area contributed by atoms with E-state index < -0.39 is 0 Å². The van der Waals surface area contributed by atoms with Crippen molar-refractivity contribution in [3.8, 4) is 0 Å². The van der Waals surface area contributed by atoms with Gasteiger partial charge in [0.1, 0.15) is 6.10 Å². The lowest BCUT2D eigenvalue weighted by molar-refractivity contribution is -0.987. The van der Waals surface area contributed by atoms with Gasteiger partial charge < -0.3 is 9.22 Å².